The van der Waals surface area contributed by atoms with Gasteiger partial charge in [-0.3, -0.25) is 9.59 Å². The highest BCUT2D eigenvalue weighted by Crippen LogP contribution is 2.65. The molecule has 3 fully saturated rings. The number of nitrogens with zero attached hydrogens (tertiary/aromatic N) is 1. The number of aromatic amines is 1. The second-order valence-electron chi connectivity index (χ2n) is 13.6. The van der Waals surface area contributed by atoms with Crippen LogP contribution in [0.2, 0.25) is 0 Å². The maximum absolute atomic E-state index is 13.2. The molecule has 7 heteroatoms. The summed E-state index contributed by atoms with van der Waals surface area (Å²) < 4.78 is 5.96. The van der Waals surface area contributed by atoms with Crippen molar-refractivity contribution in [3.8, 4) is 0 Å². The summed E-state index contributed by atoms with van der Waals surface area (Å²) >= 11 is 0. The molecule has 1 N–H and O–H groups in total. The monoisotopic (exact) mass is 580 g/mol. The lowest BCUT2D eigenvalue weighted by molar-refractivity contribution is -0.159. The fourth-order valence-electron chi connectivity index (χ4n) is 9.30. The Hall–Kier alpha value is -3.74. The third-order valence-corrected chi connectivity index (χ3v) is 11.7. The Labute approximate surface area is 251 Å². The summed E-state index contributed by atoms with van der Waals surface area (Å²) in [5.74, 6) is 1.20. The van der Waals surface area contributed by atoms with Crippen LogP contribution in [0.1, 0.15) is 88.9 Å². The summed E-state index contributed by atoms with van der Waals surface area (Å²) in [5, 5.41) is 5.38. The molecule has 0 spiro atoms. The molecule has 2 aromatic carbocycles. The van der Waals surface area contributed by atoms with Gasteiger partial charge in [-0.05, 0) is 105 Å². The maximum Gasteiger partial charge on any atom is 0.367 e. The predicted octanol–water partition coefficient (Wildman–Crippen LogP) is 7.48. The van der Waals surface area contributed by atoms with Gasteiger partial charge in [-0.15, -0.1) is 0 Å². The number of esters is 1. The van der Waals surface area contributed by atoms with Gasteiger partial charge in [0.15, 0.2) is 5.43 Å². The van der Waals surface area contributed by atoms with E-state index in [-0.39, 0.29) is 28.3 Å². The van der Waals surface area contributed by atoms with Gasteiger partial charge in [-0.1, -0.05) is 49.7 Å². The van der Waals surface area contributed by atoms with Crippen LogP contribution in [-0.2, 0) is 14.4 Å². The standard InChI is InChI=1S/C36H40N2O5/c1-4-31(39)42-30-15-14-27-23-13-12-21-20-22(16-18-35(21,2)28(23)17-19-36(27,30)3)38-43-34(41)26-10-7-9-25-32(26)37-29-11-6-5-8-24(29)33(25)40/h5-11,20,23,27-28,30H,4,12-19H2,1-3H3,(H,37,40)/b38-22+/t23-,27-,28-,30-,35-,36-/m0/s1. The Bertz CT molecular complexity index is 1750. The first kappa shape index (κ1) is 28.1. The number of hydrogen-bond donors (Lipinski definition) is 1. The number of fused-ring (bicyclic) bond motifs is 7. The maximum atomic E-state index is 13.2. The van der Waals surface area contributed by atoms with E-state index < -0.39 is 5.97 Å². The van der Waals surface area contributed by atoms with Gasteiger partial charge in [0.25, 0.3) is 0 Å². The van der Waals surface area contributed by atoms with Crippen molar-refractivity contribution in [2.75, 3.05) is 0 Å². The average Bonchev–Trinajstić information content (AvgIpc) is 3.35. The molecule has 3 saturated carbocycles. The molecular weight excluding hydrogens is 540 g/mol. The molecule has 4 aliphatic carbocycles. The summed E-state index contributed by atoms with van der Waals surface area (Å²) in [5.41, 5.74) is 3.74. The molecular formula is C36H40N2O5. The second-order valence-corrected chi connectivity index (χ2v) is 13.6. The summed E-state index contributed by atoms with van der Waals surface area (Å²) in [6.07, 6.45) is 11.0. The number of pyridine rings is 1. The van der Waals surface area contributed by atoms with Crippen molar-refractivity contribution in [2.45, 2.75) is 84.7 Å². The van der Waals surface area contributed by atoms with Crippen molar-refractivity contribution in [1.29, 1.82) is 0 Å². The molecule has 0 amide bonds. The summed E-state index contributed by atoms with van der Waals surface area (Å²) in [6.45, 7) is 6.68. The molecule has 224 valence electrons. The van der Waals surface area contributed by atoms with Crippen LogP contribution < -0.4 is 5.43 Å². The van der Waals surface area contributed by atoms with Gasteiger partial charge in [0, 0.05) is 28.1 Å². The zero-order valence-corrected chi connectivity index (χ0v) is 25.3. The van der Waals surface area contributed by atoms with E-state index in [0.29, 0.717) is 51.5 Å². The Balaban J connectivity index is 1.10. The number of ether oxygens (including phenoxy) is 1. The van der Waals surface area contributed by atoms with Crippen LogP contribution in [0, 0.1) is 28.6 Å². The minimum absolute atomic E-state index is 0.0497. The zero-order valence-electron chi connectivity index (χ0n) is 25.3. The molecule has 0 bridgehead atoms. The number of nitrogens with one attached hydrogen (secondary N) is 1. The molecule has 3 aromatic rings. The molecule has 1 aromatic heterocycles. The largest absolute Gasteiger partial charge is 0.462 e. The number of allylic oxidation sites excluding steroid dienone is 2. The van der Waals surface area contributed by atoms with Crippen molar-refractivity contribution in [2.24, 2.45) is 33.7 Å². The number of rotatable bonds is 4. The number of benzene rings is 2. The Morgan fingerprint density at radius 2 is 1.77 bits per heavy atom. The number of H-pyrrole nitrogens is 1. The number of para-hydroxylation sites is 2. The van der Waals surface area contributed by atoms with Crippen LogP contribution in [0.5, 0.6) is 0 Å². The molecule has 0 unspecified atom stereocenters. The summed E-state index contributed by atoms with van der Waals surface area (Å²) in [6, 6.07) is 12.4. The minimum atomic E-state index is -0.578. The first-order valence-electron chi connectivity index (χ1n) is 16.0. The van der Waals surface area contributed by atoms with E-state index in [1.54, 1.807) is 24.3 Å². The first-order chi connectivity index (χ1) is 20.7. The highest BCUT2D eigenvalue weighted by atomic mass is 16.7. The minimum Gasteiger partial charge on any atom is -0.462 e. The highest BCUT2D eigenvalue weighted by Gasteiger charge is 2.59. The van der Waals surface area contributed by atoms with Crippen LogP contribution in [0.3, 0.4) is 0 Å². The Kier molecular flexibility index (Phi) is 6.82. The fourth-order valence-corrected chi connectivity index (χ4v) is 9.30. The molecule has 43 heavy (non-hydrogen) atoms. The molecule has 0 saturated heterocycles. The first-order valence-corrected chi connectivity index (χ1v) is 16.0. The van der Waals surface area contributed by atoms with Gasteiger partial charge < -0.3 is 14.6 Å². The van der Waals surface area contributed by atoms with Gasteiger partial charge in [0.1, 0.15) is 6.10 Å². The van der Waals surface area contributed by atoms with E-state index in [1.165, 1.54) is 5.57 Å². The molecule has 7 nitrogen and oxygen atoms in total. The number of carbonyl (C=O) groups excluding carboxylic acids is 2. The van der Waals surface area contributed by atoms with E-state index in [4.69, 9.17) is 9.57 Å². The molecule has 7 rings (SSSR count). The van der Waals surface area contributed by atoms with E-state index >= 15 is 0 Å². The van der Waals surface area contributed by atoms with Gasteiger partial charge in [-0.25, -0.2) is 4.79 Å². The van der Waals surface area contributed by atoms with Crippen LogP contribution in [0.15, 0.2) is 64.1 Å². The molecule has 0 radical (unpaired) electrons. The normalized spacial score (nSPS) is 32.5. The van der Waals surface area contributed by atoms with Crippen molar-refractivity contribution in [1.82, 2.24) is 4.98 Å². The van der Waals surface area contributed by atoms with Crippen LogP contribution in [-0.4, -0.2) is 28.7 Å². The van der Waals surface area contributed by atoms with Crippen molar-refractivity contribution in [3.05, 3.63) is 69.9 Å². The Morgan fingerprint density at radius 1 is 0.953 bits per heavy atom. The van der Waals surface area contributed by atoms with E-state index in [2.05, 4.69) is 30.1 Å². The molecule has 1 heterocycles. The SMILES string of the molecule is CCC(=O)O[C@H]1CC[C@H]2[C@@H]3CCC4=C/C(=N/OC(=O)c5cccc6c(=O)c7ccccc7[nH]c56)CC[C@]4(C)[C@H]3CC[C@]12C. The predicted molar refractivity (Wildman–Crippen MR) is 167 cm³/mol. The van der Waals surface area contributed by atoms with Gasteiger partial charge in [0.05, 0.1) is 16.8 Å². The van der Waals surface area contributed by atoms with Gasteiger partial charge in [-0.2, -0.15) is 0 Å². The molecule has 6 atom stereocenters. The van der Waals surface area contributed by atoms with Crippen molar-refractivity contribution >= 4 is 39.5 Å². The zero-order chi connectivity index (χ0) is 29.9. The molecule has 0 aliphatic heterocycles. The molecule has 4 aliphatic rings. The van der Waals surface area contributed by atoms with Gasteiger partial charge >= 0.3 is 11.9 Å². The second kappa shape index (κ2) is 10.5. The van der Waals surface area contributed by atoms with Gasteiger partial charge in [0.2, 0.25) is 0 Å². The quantitative estimate of drug-likeness (QED) is 0.149. The van der Waals surface area contributed by atoms with E-state index in [0.717, 1.165) is 57.1 Å². The third kappa shape index (κ3) is 4.46. The fraction of sp³-hybridized carbons (Fsp3) is 0.500. The highest BCUT2D eigenvalue weighted by molar-refractivity contribution is 6.06. The van der Waals surface area contributed by atoms with Crippen LogP contribution in [0.25, 0.3) is 21.8 Å². The van der Waals surface area contributed by atoms with Crippen molar-refractivity contribution < 1.29 is 19.2 Å². The lowest BCUT2D eigenvalue weighted by atomic mass is 9.47. The topological polar surface area (TPSA) is 97.8 Å². The lowest BCUT2D eigenvalue weighted by Gasteiger charge is -2.58. The summed E-state index contributed by atoms with van der Waals surface area (Å²) in [4.78, 5) is 47.2. The van der Waals surface area contributed by atoms with Crippen LogP contribution >= 0.6 is 0 Å². The van der Waals surface area contributed by atoms with E-state index in [9.17, 15) is 14.4 Å². The van der Waals surface area contributed by atoms with Crippen LogP contribution in [0.4, 0.5) is 0 Å². The van der Waals surface area contributed by atoms with Crippen molar-refractivity contribution in [3.63, 3.8) is 0 Å². The smallest absolute Gasteiger partial charge is 0.367 e. The summed E-state index contributed by atoms with van der Waals surface area (Å²) in [7, 11) is 0. The number of aromatic nitrogens is 1. The lowest BCUT2D eigenvalue weighted by Crippen LogP contribution is -2.51. The number of oxime groups is 1. The average molecular weight is 581 g/mol. The Morgan fingerprint density at radius 3 is 2.60 bits per heavy atom. The van der Waals surface area contributed by atoms with E-state index in [1.807, 2.05) is 25.1 Å². The number of carbonyl (C=O) groups is 2. The number of hydrogen-bond acceptors (Lipinski definition) is 6. The third-order valence-electron chi connectivity index (χ3n) is 11.7.